The van der Waals surface area contributed by atoms with Crippen LogP contribution in [0.5, 0.6) is 0 Å². The van der Waals surface area contributed by atoms with Gasteiger partial charge in [-0.05, 0) is 37.4 Å². The van der Waals surface area contributed by atoms with Gasteiger partial charge in [-0.2, -0.15) is 6.41 Å². The van der Waals surface area contributed by atoms with Crippen molar-refractivity contribution in [3.05, 3.63) is 52.3 Å². The number of hydrogen-bond donors (Lipinski definition) is 2. The van der Waals surface area contributed by atoms with Crippen LogP contribution in [-0.4, -0.2) is 91.8 Å². The van der Waals surface area contributed by atoms with Crippen LogP contribution in [0.3, 0.4) is 0 Å². The first-order chi connectivity index (χ1) is 23.5. The maximum absolute atomic E-state index is 13.8. The Kier molecular flexibility index (Phi) is 17.6. The molecule has 50 heavy (non-hydrogen) atoms. The maximum atomic E-state index is 13.8. The van der Waals surface area contributed by atoms with Gasteiger partial charge in [0.15, 0.2) is 0 Å². The predicted molar refractivity (Wildman–Crippen MR) is 219 cm³/mol. The number of hydrogen-bond acceptors (Lipinski definition) is 6. The largest absolute Gasteiger partial charge is 2.00 e. The van der Waals surface area contributed by atoms with E-state index < -0.39 is 50.2 Å². The van der Waals surface area contributed by atoms with Gasteiger partial charge in [-0.1, -0.05) is 0 Å². The minimum absolute atomic E-state index is 0. The third-order valence-electron chi connectivity index (χ3n) is 9.59. The Morgan fingerprint density at radius 2 is 1.78 bits per heavy atom. The Hall–Kier alpha value is -0.00805. The molecule has 1 aromatic heterocycles. The number of nitrogens with two attached hydrogens (primary N) is 1. The van der Waals surface area contributed by atoms with Crippen molar-refractivity contribution in [2.24, 2.45) is 0 Å². The van der Waals surface area contributed by atoms with Crippen LogP contribution in [0.2, 0.25) is 0 Å². The molecule has 1 unspecified atom stereocenters. The van der Waals surface area contributed by atoms with Gasteiger partial charge in [0.1, 0.15) is 5.00 Å². The van der Waals surface area contributed by atoms with E-state index in [-0.39, 0.29) is 70.2 Å². The molecule has 3 saturated heterocycles. The second-order valence-electron chi connectivity index (χ2n) is 12.7. The van der Waals surface area contributed by atoms with Gasteiger partial charge < -0.3 is 14.6 Å². The number of carbonyl (C=O) groups is 2. The molecule has 4 aliphatic rings. The summed E-state index contributed by atoms with van der Waals surface area (Å²) in [6, 6.07) is 5.74. The van der Waals surface area contributed by atoms with E-state index in [1.807, 2.05) is 16.7 Å². The molecule has 8 nitrogen and oxygen atoms in total. The number of nitrogen functional groups attached to an aromatic ring is 1. The molecule has 276 valence electrons. The van der Waals surface area contributed by atoms with Crippen molar-refractivity contribution < 1.29 is 58.7 Å². The summed E-state index contributed by atoms with van der Waals surface area (Å²) in [6.45, 7) is 4.53. The first-order valence-corrected chi connectivity index (χ1v) is 28.0. The number of fused-ring (bicyclic) bond motifs is 1. The van der Waals surface area contributed by atoms with Crippen LogP contribution in [0.15, 0.2) is 23.6 Å². The van der Waals surface area contributed by atoms with E-state index >= 15 is 0 Å². The third-order valence-corrected chi connectivity index (χ3v) is 21.9. The monoisotopic (exact) mass is 1280 g/mol. The number of piperidine rings is 1. The second-order valence-corrected chi connectivity index (χ2v) is 26.8. The average molecular weight is 1280 g/mol. The zero-order chi connectivity index (χ0) is 35.1. The molecule has 0 aliphatic carbocycles. The summed E-state index contributed by atoms with van der Waals surface area (Å²) in [5.74, 6) is 0. The van der Waals surface area contributed by atoms with Gasteiger partial charge in [-0.15, -0.1) is 11.3 Å². The summed E-state index contributed by atoms with van der Waals surface area (Å²) in [4.78, 5) is 44.1. The van der Waals surface area contributed by atoms with Crippen molar-refractivity contribution in [2.75, 3.05) is 59.9 Å². The van der Waals surface area contributed by atoms with Crippen molar-refractivity contribution in [1.29, 1.82) is 0 Å². The summed E-state index contributed by atoms with van der Waals surface area (Å²) in [6.07, 6.45) is 6.35. The molecule has 0 bridgehead atoms. The van der Waals surface area contributed by atoms with Crippen LogP contribution >= 0.6 is 73.6 Å². The number of urea groups is 1. The van der Waals surface area contributed by atoms with Crippen LogP contribution in [0.25, 0.3) is 0 Å². The number of benzene rings is 1. The fraction of sp³-hybridized carbons (Fsp3) is 0.588. The SMILES string of the molecule is CI1CCCN(C2CCI(C(=O)[CH-]Cc3cc(C(F)F)c(N)c(C(F)I)c3)CC2)CC1.O=[C-]N1CCC(N2Cc3ccsc3NC2=O)CC1.[U+2]. The molecule has 3 fully saturated rings. The van der Waals surface area contributed by atoms with E-state index in [1.165, 1.54) is 68.7 Å². The van der Waals surface area contributed by atoms with Crippen molar-refractivity contribution in [3.8, 4) is 0 Å². The van der Waals surface area contributed by atoms with Gasteiger partial charge in [0.2, 0.25) is 0 Å². The Labute approximate surface area is 349 Å². The van der Waals surface area contributed by atoms with Gasteiger partial charge in [0, 0.05) is 11.6 Å². The number of halogens is 6. The Balaban J connectivity index is 0.000000250. The number of nitrogens with zero attached hydrogens (tertiary/aromatic N) is 3. The fourth-order valence-corrected chi connectivity index (χ4v) is 17.1. The number of anilines is 2. The molecule has 3 amide bonds. The zero-order valence-corrected chi connectivity index (χ0v) is 39.6. The summed E-state index contributed by atoms with van der Waals surface area (Å²) in [7, 11) is 0. The first-order valence-electron chi connectivity index (χ1n) is 16.5. The van der Waals surface area contributed by atoms with E-state index in [0.29, 0.717) is 31.2 Å². The number of likely N-dealkylation sites (tertiary alicyclic amines) is 1. The quantitative estimate of drug-likeness (QED) is 0.0873. The average Bonchev–Trinajstić information content (AvgIpc) is 3.44. The predicted octanol–water partition coefficient (Wildman–Crippen LogP) is 8.02. The molecule has 6 rings (SSSR count). The standard InChI is InChI=1S/C22H31F3I3N2O.C12H14N3O2S.U/c1-27-7-2-11-30(12-10-27)16-5-8-28(9-6-16)19(31)4-3-15-13-17(21(23)24)20(29)18(14-15)22(25)26;16-8-14-4-1-10(2-5-14)15-7-9-3-6-18-11(9)13-12(15)17;/h4,13-14,16,21-22H,2-3,5-12,29H2,1H3;3,6,10H,1-2,4-5,7H2,(H,13,17);/q2*-1;+2. The number of thiophene rings is 1. The van der Waals surface area contributed by atoms with Crippen LogP contribution < -0.4 is 11.1 Å². The van der Waals surface area contributed by atoms with E-state index in [4.69, 9.17) is 5.73 Å². The smallest absolute Gasteiger partial charge is 0.520 e. The van der Waals surface area contributed by atoms with Crippen molar-refractivity contribution in [2.45, 2.75) is 67.8 Å². The molecule has 2 aromatic rings. The van der Waals surface area contributed by atoms with Crippen LogP contribution in [0.4, 0.5) is 28.7 Å². The summed E-state index contributed by atoms with van der Waals surface area (Å²) < 4.78 is 44.2. The van der Waals surface area contributed by atoms with Crippen molar-refractivity contribution in [3.63, 3.8) is 0 Å². The summed E-state index contributed by atoms with van der Waals surface area (Å²) in [5.41, 5.74) is 6.98. The molecule has 0 spiro atoms. The van der Waals surface area contributed by atoms with E-state index in [1.54, 1.807) is 22.7 Å². The van der Waals surface area contributed by atoms with Crippen LogP contribution in [-0.2, 0) is 22.6 Å². The number of nitrogens with one attached hydrogen (secondary N) is 1. The molecule has 0 saturated carbocycles. The molecule has 0 radical (unpaired) electrons. The summed E-state index contributed by atoms with van der Waals surface area (Å²) in [5, 5.41) is 5.89. The number of alkyl halides is 9. The van der Waals surface area contributed by atoms with Gasteiger partial charge in [-0.3, -0.25) is 5.32 Å². The van der Waals surface area contributed by atoms with Gasteiger partial charge in [-0.25, -0.2) is 4.79 Å². The molecule has 16 heteroatoms. The van der Waals surface area contributed by atoms with Crippen LogP contribution in [0.1, 0.15) is 65.0 Å². The van der Waals surface area contributed by atoms with Crippen LogP contribution in [0, 0.1) is 37.5 Å². The Bertz CT molecular complexity index is 1410. The number of amides is 3. The van der Waals surface area contributed by atoms with E-state index in [9.17, 15) is 27.6 Å². The molecule has 4 aliphatic heterocycles. The van der Waals surface area contributed by atoms with E-state index in [2.05, 4.69) is 21.2 Å². The molecule has 1 atom stereocenters. The number of carbonyl (C=O) groups excluding carboxylic acids is 3. The minimum atomic E-state index is -2.76. The van der Waals surface area contributed by atoms with Crippen molar-refractivity contribution >= 4 is 100 Å². The fourth-order valence-electron chi connectivity index (χ4n) is 6.73. The second kappa shape index (κ2) is 20.6. The van der Waals surface area contributed by atoms with E-state index in [0.717, 1.165) is 39.5 Å². The topological polar surface area (TPSA) is 99.0 Å². The van der Waals surface area contributed by atoms with Gasteiger partial charge in [0.05, 0.1) is 6.54 Å². The summed E-state index contributed by atoms with van der Waals surface area (Å²) >= 11 is 0.724. The van der Waals surface area contributed by atoms with Crippen molar-refractivity contribution in [1.82, 2.24) is 14.7 Å². The maximum Gasteiger partial charge on any atom is 2.00 e. The third kappa shape index (κ3) is 11.5. The van der Waals surface area contributed by atoms with Gasteiger partial charge in [0.25, 0.3) is 0 Å². The van der Waals surface area contributed by atoms with Gasteiger partial charge >= 0.3 is 251 Å². The zero-order valence-electron chi connectivity index (χ0n) is 28.1. The molecular formula is C34H45F3I3N5O3SU. The number of rotatable bonds is 9. The Morgan fingerprint density at radius 3 is 2.44 bits per heavy atom. The molecule has 3 N–H and O–H groups in total. The molecular weight excluding hydrogens is 1230 g/mol. The minimum Gasteiger partial charge on any atom is -0.520 e. The Morgan fingerprint density at radius 1 is 1.08 bits per heavy atom. The first kappa shape index (κ1) is 42.7. The molecule has 1 aromatic carbocycles. The normalized spacial score (nSPS) is 21.3. The molecule has 5 heterocycles.